The van der Waals surface area contributed by atoms with Crippen molar-refractivity contribution in [1.29, 1.82) is 0 Å². The van der Waals surface area contributed by atoms with E-state index < -0.39 is 24.4 Å². The fourth-order valence-corrected chi connectivity index (χ4v) is 4.32. The Hall–Kier alpha value is -3.74. The fraction of sp³-hybridized carbons (Fsp3) is 0.280. The van der Waals surface area contributed by atoms with Crippen LogP contribution in [0.3, 0.4) is 0 Å². The van der Waals surface area contributed by atoms with Gasteiger partial charge in [-0.1, -0.05) is 44.2 Å². The molecular formula is C25H24N2O5. The van der Waals surface area contributed by atoms with Crippen molar-refractivity contribution < 1.29 is 23.9 Å². The van der Waals surface area contributed by atoms with Gasteiger partial charge in [-0.15, -0.1) is 0 Å². The number of para-hydroxylation sites is 1. The number of allylic oxidation sites excluding steroid dienone is 1. The predicted octanol–water partition coefficient (Wildman–Crippen LogP) is 3.10. The number of nitrogens with zero attached hydrogens (tertiary/aromatic N) is 2. The molecule has 2 heterocycles. The van der Waals surface area contributed by atoms with Crippen molar-refractivity contribution in [2.45, 2.75) is 25.7 Å². The van der Waals surface area contributed by atoms with E-state index in [0.29, 0.717) is 11.1 Å². The van der Waals surface area contributed by atoms with Crippen molar-refractivity contribution in [3.63, 3.8) is 0 Å². The predicted molar refractivity (Wildman–Crippen MR) is 118 cm³/mol. The van der Waals surface area contributed by atoms with Crippen molar-refractivity contribution in [2.75, 3.05) is 25.1 Å². The second-order valence-electron chi connectivity index (χ2n) is 8.42. The van der Waals surface area contributed by atoms with Crippen LogP contribution in [0.1, 0.15) is 46.5 Å². The zero-order valence-corrected chi connectivity index (χ0v) is 18.3. The fourth-order valence-electron chi connectivity index (χ4n) is 4.32. The van der Waals surface area contributed by atoms with E-state index in [0.717, 1.165) is 21.8 Å². The molecular weight excluding hydrogens is 408 g/mol. The molecule has 0 saturated carbocycles. The van der Waals surface area contributed by atoms with Gasteiger partial charge in [0.25, 0.3) is 11.8 Å². The van der Waals surface area contributed by atoms with Crippen LogP contribution in [0.5, 0.6) is 0 Å². The first-order valence-corrected chi connectivity index (χ1v) is 10.4. The van der Waals surface area contributed by atoms with Crippen molar-refractivity contribution in [1.82, 2.24) is 4.90 Å². The van der Waals surface area contributed by atoms with Gasteiger partial charge in [0.2, 0.25) is 0 Å². The summed E-state index contributed by atoms with van der Waals surface area (Å²) in [5.74, 6) is -1.83. The molecule has 0 aromatic heterocycles. The number of rotatable bonds is 6. The van der Waals surface area contributed by atoms with E-state index in [9.17, 15) is 19.2 Å². The number of carbonyl (C=O) groups is 4. The molecule has 0 saturated heterocycles. The van der Waals surface area contributed by atoms with E-state index in [2.05, 4.69) is 0 Å². The van der Waals surface area contributed by atoms with Crippen LogP contribution in [0.2, 0.25) is 0 Å². The van der Waals surface area contributed by atoms with Crippen LogP contribution in [0.25, 0.3) is 0 Å². The van der Waals surface area contributed by atoms with Crippen molar-refractivity contribution in [2.24, 2.45) is 0 Å². The highest BCUT2D eigenvalue weighted by atomic mass is 16.5. The minimum atomic E-state index is -0.643. The first-order chi connectivity index (χ1) is 15.2. The molecule has 0 radical (unpaired) electrons. The standard InChI is InChI=1S/C25H24N2O5/c1-25(2)19-10-6-7-11-20(19)26(3)21(25)14-16(28)15-32-22(29)12-13-27-23(30)17-8-4-5-9-18(17)24(27)31/h4-11,14H,12-13,15H2,1-3H3/b21-14-. The molecule has 2 aliphatic rings. The van der Waals surface area contributed by atoms with E-state index in [1.54, 1.807) is 24.3 Å². The molecule has 2 aromatic carbocycles. The van der Waals surface area contributed by atoms with Gasteiger partial charge in [-0.25, -0.2) is 0 Å². The molecule has 4 rings (SSSR count). The molecule has 0 spiro atoms. The Morgan fingerprint density at radius 2 is 1.56 bits per heavy atom. The lowest BCUT2D eigenvalue weighted by molar-refractivity contribution is -0.147. The number of hydrogen-bond acceptors (Lipinski definition) is 6. The zero-order chi connectivity index (χ0) is 23.0. The highest BCUT2D eigenvalue weighted by molar-refractivity contribution is 6.21. The third-order valence-corrected chi connectivity index (χ3v) is 6.03. The largest absolute Gasteiger partial charge is 0.457 e. The minimum Gasteiger partial charge on any atom is -0.457 e. The summed E-state index contributed by atoms with van der Waals surface area (Å²) >= 11 is 0. The normalized spacial score (nSPS) is 17.5. The van der Waals surface area contributed by atoms with Crippen molar-refractivity contribution >= 4 is 29.3 Å². The Morgan fingerprint density at radius 3 is 2.19 bits per heavy atom. The smallest absolute Gasteiger partial charge is 0.308 e. The molecule has 0 fully saturated rings. The molecule has 164 valence electrons. The number of imide groups is 1. The lowest BCUT2D eigenvalue weighted by Crippen LogP contribution is -2.32. The second-order valence-corrected chi connectivity index (χ2v) is 8.42. The SMILES string of the molecule is CN1/C(=C\C(=O)COC(=O)CCN2C(=O)c3ccccc3C2=O)C(C)(C)c2ccccc21. The van der Waals surface area contributed by atoms with Crippen LogP contribution >= 0.6 is 0 Å². The van der Waals surface area contributed by atoms with Crippen LogP contribution in [0, 0.1) is 0 Å². The number of benzene rings is 2. The number of esters is 1. The average molecular weight is 432 g/mol. The van der Waals surface area contributed by atoms with Gasteiger partial charge in [0, 0.05) is 36.5 Å². The van der Waals surface area contributed by atoms with Crippen molar-refractivity contribution in [3.05, 3.63) is 77.0 Å². The lowest BCUT2D eigenvalue weighted by atomic mass is 9.83. The van der Waals surface area contributed by atoms with E-state index in [-0.39, 0.29) is 24.2 Å². The summed E-state index contributed by atoms with van der Waals surface area (Å²) < 4.78 is 5.10. The molecule has 7 nitrogen and oxygen atoms in total. The number of ether oxygens (including phenoxy) is 1. The summed E-state index contributed by atoms with van der Waals surface area (Å²) in [6.07, 6.45) is 1.34. The molecule has 0 N–H and O–H groups in total. The summed E-state index contributed by atoms with van der Waals surface area (Å²) in [5, 5.41) is 0. The Labute approximate surface area is 186 Å². The van der Waals surface area contributed by atoms with Crippen molar-refractivity contribution in [3.8, 4) is 0 Å². The number of anilines is 1. The topological polar surface area (TPSA) is 84.0 Å². The third kappa shape index (κ3) is 3.60. The summed E-state index contributed by atoms with van der Waals surface area (Å²) in [6, 6.07) is 14.5. The van der Waals surface area contributed by atoms with Crippen LogP contribution in [-0.4, -0.2) is 48.7 Å². The maximum Gasteiger partial charge on any atom is 0.308 e. The van der Waals surface area contributed by atoms with Gasteiger partial charge in [-0.2, -0.15) is 0 Å². The van der Waals surface area contributed by atoms with Crippen LogP contribution in [-0.2, 0) is 19.7 Å². The summed E-state index contributed by atoms with van der Waals surface area (Å²) in [6.45, 7) is 3.60. The Bertz CT molecular complexity index is 1130. The highest BCUT2D eigenvalue weighted by Crippen LogP contribution is 2.46. The number of amides is 2. The molecule has 2 aliphatic heterocycles. The maximum absolute atomic E-state index is 12.5. The van der Waals surface area contributed by atoms with E-state index in [4.69, 9.17) is 4.74 Å². The van der Waals surface area contributed by atoms with Gasteiger partial charge in [0.15, 0.2) is 12.4 Å². The Kier molecular flexibility index (Phi) is 5.42. The number of carbonyl (C=O) groups excluding carboxylic acids is 4. The molecule has 2 aromatic rings. The molecule has 0 unspecified atom stereocenters. The van der Waals surface area contributed by atoms with Gasteiger partial charge in [-0.05, 0) is 23.8 Å². The number of likely N-dealkylation sites (N-methyl/N-ethyl adjacent to an activating group) is 1. The monoisotopic (exact) mass is 432 g/mol. The Morgan fingerprint density at radius 1 is 0.969 bits per heavy atom. The molecule has 0 bridgehead atoms. The number of ketones is 1. The summed E-state index contributed by atoms with van der Waals surface area (Å²) in [5.41, 5.74) is 3.30. The van der Waals surface area contributed by atoms with E-state index in [1.165, 1.54) is 6.08 Å². The summed E-state index contributed by atoms with van der Waals surface area (Å²) in [4.78, 5) is 52.3. The maximum atomic E-state index is 12.5. The average Bonchev–Trinajstić information content (AvgIpc) is 3.14. The van der Waals surface area contributed by atoms with Gasteiger partial charge >= 0.3 is 5.97 Å². The highest BCUT2D eigenvalue weighted by Gasteiger charge is 2.38. The molecule has 0 aliphatic carbocycles. The summed E-state index contributed by atoms with van der Waals surface area (Å²) in [7, 11) is 1.90. The van der Waals surface area contributed by atoms with Gasteiger partial charge < -0.3 is 9.64 Å². The molecule has 2 amide bonds. The van der Waals surface area contributed by atoms with Crippen LogP contribution < -0.4 is 4.90 Å². The lowest BCUT2D eigenvalue weighted by Gasteiger charge is -2.23. The van der Waals surface area contributed by atoms with Gasteiger partial charge in [0.05, 0.1) is 17.5 Å². The van der Waals surface area contributed by atoms with Gasteiger partial charge in [-0.3, -0.25) is 24.1 Å². The van der Waals surface area contributed by atoms with E-state index >= 15 is 0 Å². The Balaban J connectivity index is 1.33. The molecule has 0 atom stereocenters. The second kappa shape index (κ2) is 8.07. The third-order valence-electron chi connectivity index (χ3n) is 6.03. The quantitative estimate of drug-likeness (QED) is 0.396. The first kappa shape index (κ1) is 21.5. The zero-order valence-electron chi connectivity index (χ0n) is 18.3. The first-order valence-electron chi connectivity index (χ1n) is 10.4. The van der Waals surface area contributed by atoms with Gasteiger partial charge in [0.1, 0.15) is 0 Å². The number of hydrogen-bond donors (Lipinski definition) is 0. The van der Waals surface area contributed by atoms with Crippen LogP contribution in [0.15, 0.2) is 60.3 Å². The molecule has 7 heteroatoms. The minimum absolute atomic E-state index is 0.0917. The number of fused-ring (bicyclic) bond motifs is 2. The van der Waals surface area contributed by atoms with Crippen LogP contribution in [0.4, 0.5) is 5.69 Å². The van der Waals surface area contributed by atoms with E-state index in [1.807, 2.05) is 50.1 Å². The molecule has 32 heavy (non-hydrogen) atoms.